The summed E-state index contributed by atoms with van der Waals surface area (Å²) in [6, 6.07) is 0. The molecule has 0 radical (unpaired) electrons. The van der Waals surface area contributed by atoms with Crippen LogP contribution in [0.4, 0.5) is 0 Å². The van der Waals surface area contributed by atoms with Crippen LogP contribution in [0.25, 0.3) is 0 Å². The van der Waals surface area contributed by atoms with Crippen LogP contribution in [0.3, 0.4) is 0 Å². The summed E-state index contributed by atoms with van der Waals surface area (Å²) in [6.07, 6.45) is 10.2. The molecule has 0 unspecified atom stereocenters. The third kappa shape index (κ3) is 3.97. The maximum Gasteiger partial charge on any atom is -0.0266 e. The molecule has 0 atom stereocenters. The Hall–Kier alpha value is -1.04. The van der Waals surface area contributed by atoms with Gasteiger partial charge in [-0.3, -0.25) is 0 Å². The van der Waals surface area contributed by atoms with Gasteiger partial charge in [0, 0.05) is 0 Å². The molecule has 0 saturated heterocycles. The summed E-state index contributed by atoms with van der Waals surface area (Å²) in [6.45, 7) is 11.7. The van der Waals surface area contributed by atoms with E-state index in [0.29, 0.717) is 0 Å². The van der Waals surface area contributed by atoms with E-state index < -0.39 is 0 Å². The van der Waals surface area contributed by atoms with Crippen LogP contribution in [0.1, 0.15) is 26.7 Å². The van der Waals surface area contributed by atoms with E-state index in [1.165, 1.54) is 12.0 Å². The van der Waals surface area contributed by atoms with Crippen LogP contribution in [0, 0.1) is 0 Å². The van der Waals surface area contributed by atoms with Crippen molar-refractivity contribution in [2.24, 2.45) is 0 Å². The van der Waals surface area contributed by atoms with Gasteiger partial charge in [-0.25, -0.2) is 0 Å². The van der Waals surface area contributed by atoms with Crippen molar-refractivity contribution in [1.29, 1.82) is 0 Å². The van der Waals surface area contributed by atoms with E-state index in [2.05, 4.69) is 39.2 Å². The summed E-state index contributed by atoms with van der Waals surface area (Å²) in [5.74, 6) is 0. The molecule has 12 heavy (non-hydrogen) atoms. The van der Waals surface area contributed by atoms with Gasteiger partial charge >= 0.3 is 0 Å². The van der Waals surface area contributed by atoms with E-state index in [9.17, 15) is 0 Å². The van der Waals surface area contributed by atoms with Gasteiger partial charge in [0.05, 0.1) is 0 Å². The Balaban J connectivity index is 4.43. The highest BCUT2D eigenvalue weighted by Crippen LogP contribution is 2.10. The third-order valence-corrected chi connectivity index (χ3v) is 1.73. The lowest BCUT2D eigenvalue weighted by Crippen LogP contribution is -1.79. The second-order valence-corrected chi connectivity index (χ2v) is 2.67. The zero-order chi connectivity index (χ0) is 9.40. The van der Waals surface area contributed by atoms with Crippen molar-refractivity contribution in [3.63, 3.8) is 0 Å². The average molecular weight is 162 g/mol. The van der Waals surface area contributed by atoms with Crippen molar-refractivity contribution in [2.75, 3.05) is 0 Å². The van der Waals surface area contributed by atoms with Crippen molar-refractivity contribution in [1.82, 2.24) is 0 Å². The van der Waals surface area contributed by atoms with Crippen molar-refractivity contribution in [3.05, 3.63) is 48.6 Å². The quantitative estimate of drug-likeness (QED) is 0.535. The van der Waals surface area contributed by atoms with E-state index in [1.54, 1.807) is 0 Å². The molecule has 0 N–H and O–H groups in total. The van der Waals surface area contributed by atoms with Gasteiger partial charge in [0.25, 0.3) is 0 Å². The number of hydrogen-bond acceptors (Lipinski definition) is 0. The monoisotopic (exact) mass is 162 g/mol. The number of allylic oxidation sites excluding steroid dienone is 6. The molecule has 0 aliphatic carbocycles. The molecular formula is C12H18. The zero-order valence-corrected chi connectivity index (χ0v) is 8.14. The molecule has 0 amide bonds. The molecule has 0 heteroatoms. The summed E-state index contributed by atoms with van der Waals surface area (Å²) in [5, 5.41) is 0. The van der Waals surface area contributed by atoms with Crippen molar-refractivity contribution in [2.45, 2.75) is 26.7 Å². The molecule has 0 aromatic carbocycles. The molecule has 0 rings (SSSR count). The zero-order valence-electron chi connectivity index (χ0n) is 8.14. The van der Waals surface area contributed by atoms with Crippen molar-refractivity contribution in [3.8, 4) is 0 Å². The average Bonchev–Trinajstić information content (AvgIpc) is 2.12. The van der Waals surface area contributed by atoms with Crippen LogP contribution in [0.15, 0.2) is 48.6 Å². The Morgan fingerprint density at radius 2 is 1.83 bits per heavy atom. The summed E-state index contributed by atoms with van der Waals surface area (Å²) in [5.41, 5.74) is 2.45. The van der Waals surface area contributed by atoms with Crippen LogP contribution in [0.5, 0.6) is 0 Å². The lowest BCUT2D eigenvalue weighted by atomic mass is 10.1. The SMILES string of the molecule is C=CC(C=C)=C/C(=C\C)CCC. The maximum atomic E-state index is 3.71. The van der Waals surface area contributed by atoms with E-state index >= 15 is 0 Å². The molecule has 0 fully saturated rings. The fraction of sp³-hybridized carbons (Fsp3) is 0.333. The molecule has 0 nitrogen and oxygen atoms in total. The van der Waals surface area contributed by atoms with E-state index in [0.717, 1.165) is 12.0 Å². The molecule has 0 aromatic heterocycles. The first-order valence-corrected chi connectivity index (χ1v) is 4.40. The van der Waals surface area contributed by atoms with Gasteiger partial charge in [-0.2, -0.15) is 0 Å². The molecule has 0 bridgehead atoms. The highest BCUT2D eigenvalue weighted by molar-refractivity contribution is 5.35. The fourth-order valence-corrected chi connectivity index (χ4v) is 1.00. The van der Waals surface area contributed by atoms with Gasteiger partial charge in [0.15, 0.2) is 0 Å². The minimum Gasteiger partial charge on any atom is -0.0985 e. The molecule has 0 saturated carbocycles. The number of hydrogen-bond donors (Lipinski definition) is 0. The minimum absolute atomic E-state index is 1.09. The minimum atomic E-state index is 1.09. The Labute approximate surface area is 76.0 Å². The van der Waals surface area contributed by atoms with Gasteiger partial charge in [0.1, 0.15) is 0 Å². The molecule has 66 valence electrons. The lowest BCUT2D eigenvalue weighted by molar-refractivity contribution is 0.923. The molecule has 0 heterocycles. The normalized spacial score (nSPS) is 10.7. The molecule has 0 aliphatic rings. The van der Waals surface area contributed by atoms with Gasteiger partial charge in [-0.15, -0.1) is 0 Å². The Kier molecular flexibility index (Phi) is 6.08. The second-order valence-electron chi connectivity index (χ2n) is 2.67. The Morgan fingerprint density at radius 1 is 1.25 bits per heavy atom. The topological polar surface area (TPSA) is 0 Å². The van der Waals surface area contributed by atoms with Crippen LogP contribution >= 0.6 is 0 Å². The van der Waals surface area contributed by atoms with E-state index in [1.807, 2.05) is 12.2 Å². The van der Waals surface area contributed by atoms with Crippen LogP contribution < -0.4 is 0 Å². The highest BCUT2D eigenvalue weighted by atomic mass is 14.0. The van der Waals surface area contributed by atoms with Gasteiger partial charge in [-0.1, -0.05) is 56.4 Å². The molecule has 0 spiro atoms. The summed E-state index contributed by atoms with van der Waals surface area (Å²) in [7, 11) is 0. The summed E-state index contributed by atoms with van der Waals surface area (Å²) >= 11 is 0. The Morgan fingerprint density at radius 3 is 2.17 bits per heavy atom. The largest absolute Gasteiger partial charge is 0.0985 e. The highest BCUT2D eigenvalue weighted by Gasteiger charge is 1.90. The first kappa shape index (κ1) is 11.0. The van der Waals surface area contributed by atoms with Crippen LogP contribution in [0.2, 0.25) is 0 Å². The predicted molar refractivity (Wildman–Crippen MR) is 57.1 cm³/mol. The summed E-state index contributed by atoms with van der Waals surface area (Å²) in [4.78, 5) is 0. The van der Waals surface area contributed by atoms with Gasteiger partial charge < -0.3 is 0 Å². The standard InChI is InChI=1S/C12H18/c1-5-9-12(8-4)10-11(6-2)7-3/h6-8,10H,2-3,5,9H2,1,4H3/b12-8-. The second kappa shape index (κ2) is 6.66. The molecule has 0 aliphatic heterocycles. The summed E-state index contributed by atoms with van der Waals surface area (Å²) < 4.78 is 0. The molecular weight excluding hydrogens is 144 g/mol. The predicted octanol–water partition coefficient (Wildman–Crippen LogP) is 4.03. The maximum absolute atomic E-state index is 3.71. The first-order chi connectivity index (χ1) is 5.78. The third-order valence-electron chi connectivity index (χ3n) is 1.73. The first-order valence-electron chi connectivity index (χ1n) is 4.40. The smallest absolute Gasteiger partial charge is 0.0266 e. The fourth-order valence-electron chi connectivity index (χ4n) is 1.00. The number of rotatable bonds is 5. The Bertz CT molecular complexity index is 194. The van der Waals surface area contributed by atoms with Crippen molar-refractivity contribution < 1.29 is 0 Å². The van der Waals surface area contributed by atoms with Crippen LogP contribution in [-0.2, 0) is 0 Å². The van der Waals surface area contributed by atoms with Gasteiger partial charge in [0.2, 0.25) is 0 Å². The van der Waals surface area contributed by atoms with E-state index in [-0.39, 0.29) is 0 Å². The van der Waals surface area contributed by atoms with E-state index in [4.69, 9.17) is 0 Å². The van der Waals surface area contributed by atoms with Crippen LogP contribution in [-0.4, -0.2) is 0 Å². The molecule has 0 aromatic rings. The van der Waals surface area contributed by atoms with Crippen molar-refractivity contribution >= 4 is 0 Å². The lowest BCUT2D eigenvalue weighted by Gasteiger charge is -1.99. The van der Waals surface area contributed by atoms with Gasteiger partial charge in [-0.05, 0) is 18.9 Å².